The van der Waals surface area contributed by atoms with Crippen LogP contribution in [-0.2, 0) is 13.1 Å². The normalized spacial score (nSPS) is 10.9. The molecule has 0 saturated carbocycles. The van der Waals surface area contributed by atoms with Gasteiger partial charge in [-0.25, -0.2) is 0 Å². The molecule has 1 rings (SSSR count). The average Bonchev–Trinajstić information content (AvgIpc) is 2.28. The number of rotatable bonds is 6. The monoisotopic (exact) mass is 206 g/mol. The lowest BCUT2D eigenvalue weighted by Crippen LogP contribution is -2.16. The number of nitrogens with one attached hydrogen (secondary N) is 1. The molecule has 0 unspecified atom stereocenters. The van der Waals surface area contributed by atoms with Gasteiger partial charge in [0.1, 0.15) is 0 Å². The highest BCUT2D eigenvalue weighted by molar-refractivity contribution is 5.22. The molecule has 0 amide bonds. The first-order chi connectivity index (χ1) is 7.26. The van der Waals surface area contributed by atoms with Crippen LogP contribution in [0.25, 0.3) is 0 Å². The Morgan fingerprint density at radius 3 is 2.20 bits per heavy atom. The Labute approximate surface area is 93.3 Å². The summed E-state index contributed by atoms with van der Waals surface area (Å²) in [5, 5.41) is 3.33. The molecule has 1 N–H and O–H groups in total. The van der Waals surface area contributed by atoms with Crippen LogP contribution in [0.1, 0.15) is 25.0 Å². The van der Waals surface area contributed by atoms with Crippen LogP contribution in [-0.4, -0.2) is 25.0 Å². The highest BCUT2D eigenvalue weighted by Crippen LogP contribution is 2.06. The Morgan fingerprint density at radius 1 is 1.07 bits per heavy atom. The van der Waals surface area contributed by atoms with E-state index in [2.05, 4.69) is 55.4 Å². The fourth-order valence-corrected chi connectivity index (χ4v) is 1.46. The molecule has 0 aliphatic carbocycles. The van der Waals surface area contributed by atoms with E-state index >= 15 is 0 Å². The number of hydrogen-bond acceptors (Lipinski definition) is 2. The van der Waals surface area contributed by atoms with E-state index in [1.807, 2.05) is 0 Å². The molecule has 0 aromatic heterocycles. The Balaban J connectivity index is 2.48. The van der Waals surface area contributed by atoms with Crippen LogP contribution in [0.4, 0.5) is 0 Å². The molecule has 84 valence electrons. The van der Waals surface area contributed by atoms with Gasteiger partial charge in [0, 0.05) is 13.1 Å². The van der Waals surface area contributed by atoms with Crippen molar-refractivity contribution in [3.8, 4) is 0 Å². The molecule has 0 atom stereocenters. The summed E-state index contributed by atoms with van der Waals surface area (Å²) < 4.78 is 0. The van der Waals surface area contributed by atoms with Crippen molar-refractivity contribution < 1.29 is 0 Å². The Morgan fingerprint density at radius 2 is 1.67 bits per heavy atom. The summed E-state index contributed by atoms with van der Waals surface area (Å²) in [5.74, 6) is 0. The highest BCUT2D eigenvalue weighted by atomic mass is 15.1. The van der Waals surface area contributed by atoms with Gasteiger partial charge >= 0.3 is 0 Å². The molecule has 0 heterocycles. The van der Waals surface area contributed by atoms with Crippen LogP contribution in [0, 0.1) is 0 Å². The third-order valence-electron chi connectivity index (χ3n) is 2.59. The van der Waals surface area contributed by atoms with Gasteiger partial charge in [0.05, 0.1) is 0 Å². The predicted octanol–water partition coefficient (Wildman–Crippen LogP) is 2.25. The Hall–Kier alpha value is -0.860. The maximum Gasteiger partial charge on any atom is 0.0230 e. The zero-order valence-electron chi connectivity index (χ0n) is 10.1. The minimum atomic E-state index is 0.973. The summed E-state index contributed by atoms with van der Waals surface area (Å²) in [7, 11) is 2.15. The summed E-state index contributed by atoms with van der Waals surface area (Å²) in [6, 6.07) is 8.86. The van der Waals surface area contributed by atoms with E-state index in [0.29, 0.717) is 0 Å². The minimum Gasteiger partial charge on any atom is -0.313 e. The molecule has 0 spiro atoms. The largest absolute Gasteiger partial charge is 0.313 e. The quantitative estimate of drug-likeness (QED) is 0.768. The highest BCUT2D eigenvalue weighted by Gasteiger charge is 1.97. The molecule has 0 aliphatic heterocycles. The first kappa shape index (κ1) is 12.2. The molecule has 0 saturated heterocycles. The van der Waals surface area contributed by atoms with Gasteiger partial charge in [0.25, 0.3) is 0 Å². The molecule has 0 bridgehead atoms. The molecule has 15 heavy (non-hydrogen) atoms. The second-order valence-corrected chi connectivity index (χ2v) is 3.93. The van der Waals surface area contributed by atoms with Gasteiger partial charge in [0.2, 0.25) is 0 Å². The van der Waals surface area contributed by atoms with Gasteiger partial charge in [0.15, 0.2) is 0 Å². The van der Waals surface area contributed by atoms with Crippen LogP contribution >= 0.6 is 0 Å². The van der Waals surface area contributed by atoms with E-state index in [1.165, 1.54) is 11.1 Å². The summed E-state index contributed by atoms with van der Waals surface area (Å²) in [4.78, 5) is 2.30. The van der Waals surface area contributed by atoms with Crippen LogP contribution in [0.5, 0.6) is 0 Å². The summed E-state index contributed by atoms with van der Waals surface area (Å²) in [5.41, 5.74) is 2.75. The van der Waals surface area contributed by atoms with Crippen LogP contribution < -0.4 is 5.32 Å². The van der Waals surface area contributed by atoms with Crippen molar-refractivity contribution >= 4 is 0 Å². The first-order valence-electron chi connectivity index (χ1n) is 5.73. The summed E-state index contributed by atoms with van der Waals surface area (Å²) in [6.07, 6.45) is 0. The zero-order chi connectivity index (χ0) is 11.1. The average molecular weight is 206 g/mol. The van der Waals surface area contributed by atoms with Crippen molar-refractivity contribution in [3.63, 3.8) is 0 Å². The molecule has 1 aromatic rings. The van der Waals surface area contributed by atoms with Crippen LogP contribution in [0.3, 0.4) is 0 Å². The van der Waals surface area contributed by atoms with Crippen molar-refractivity contribution in [2.24, 2.45) is 0 Å². The number of nitrogens with zero attached hydrogens (tertiary/aromatic N) is 1. The molecule has 0 radical (unpaired) electrons. The Kier molecular flexibility index (Phi) is 5.37. The van der Waals surface area contributed by atoms with Gasteiger partial charge in [-0.3, -0.25) is 0 Å². The lowest BCUT2D eigenvalue weighted by molar-refractivity contribution is 0.346. The minimum absolute atomic E-state index is 0.973. The van der Waals surface area contributed by atoms with E-state index in [1.54, 1.807) is 0 Å². The fourth-order valence-electron chi connectivity index (χ4n) is 1.46. The van der Waals surface area contributed by atoms with Crippen molar-refractivity contribution in [1.82, 2.24) is 10.2 Å². The summed E-state index contributed by atoms with van der Waals surface area (Å²) in [6.45, 7) is 8.45. The van der Waals surface area contributed by atoms with Gasteiger partial charge in [-0.05, 0) is 31.3 Å². The van der Waals surface area contributed by atoms with Gasteiger partial charge in [-0.15, -0.1) is 0 Å². The van der Waals surface area contributed by atoms with E-state index in [4.69, 9.17) is 0 Å². The maximum atomic E-state index is 3.33. The third-order valence-corrected chi connectivity index (χ3v) is 2.59. The van der Waals surface area contributed by atoms with Crippen molar-refractivity contribution in [2.45, 2.75) is 26.9 Å². The van der Waals surface area contributed by atoms with E-state index in [0.717, 1.165) is 26.2 Å². The van der Waals surface area contributed by atoms with Crippen molar-refractivity contribution in [2.75, 3.05) is 20.1 Å². The topological polar surface area (TPSA) is 15.3 Å². The predicted molar refractivity (Wildman–Crippen MR) is 65.8 cm³/mol. The standard InChI is InChI=1S/C13H22N2/c1-4-14-10-12-6-8-13(9-7-12)11-15(3)5-2/h6-9,14H,4-5,10-11H2,1-3H3. The zero-order valence-corrected chi connectivity index (χ0v) is 10.1. The van der Waals surface area contributed by atoms with Crippen molar-refractivity contribution in [3.05, 3.63) is 35.4 Å². The summed E-state index contributed by atoms with van der Waals surface area (Å²) >= 11 is 0. The fraction of sp³-hybridized carbons (Fsp3) is 0.538. The van der Waals surface area contributed by atoms with E-state index < -0.39 is 0 Å². The molecule has 0 aliphatic rings. The van der Waals surface area contributed by atoms with E-state index in [-0.39, 0.29) is 0 Å². The molecular weight excluding hydrogens is 184 g/mol. The molecule has 0 fully saturated rings. The molecule has 2 heteroatoms. The van der Waals surface area contributed by atoms with Gasteiger partial charge in [-0.2, -0.15) is 0 Å². The lowest BCUT2D eigenvalue weighted by Gasteiger charge is -2.13. The van der Waals surface area contributed by atoms with Gasteiger partial charge in [-0.1, -0.05) is 38.1 Å². The van der Waals surface area contributed by atoms with Crippen molar-refractivity contribution in [1.29, 1.82) is 0 Å². The van der Waals surface area contributed by atoms with E-state index in [9.17, 15) is 0 Å². The Bertz CT molecular complexity index is 266. The maximum absolute atomic E-state index is 3.33. The number of benzene rings is 1. The lowest BCUT2D eigenvalue weighted by atomic mass is 10.1. The second-order valence-electron chi connectivity index (χ2n) is 3.93. The molecular formula is C13H22N2. The third kappa shape index (κ3) is 4.45. The van der Waals surface area contributed by atoms with Crippen LogP contribution in [0.2, 0.25) is 0 Å². The second kappa shape index (κ2) is 6.59. The van der Waals surface area contributed by atoms with Crippen LogP contribution in [0.15, 0.2) is 24.3 Å². The first-order valence-corrected chi connectivity index (χ1v) is 5.73. The number of hydrogen-bond donors (Lipinski definition) is 1. The SMILES string of the molecule is CCNCc1ccc(CN(C)CC)cc1. The smallest absolute Gasteiger partial charge is 0.0230 e. The van der Waals surface area contributed by atoms with Gasteiger partial charge < -0.3 is 10.2 Å². The molecule has 1 aromatic carbocycles. The molecule has 2 nitrogen and oxygen atoms in total.